The van der Waals surface area contributed by atoms with Gasteiger partial charge in [-0.3, -0.25) is 13.8 Å². The van der Waals surface area contributed by atoms with E-state index in [0.717, 1.165) is 25.0 Å². The normalized spacial score (nSPS) is 14.6. The van der Waals surface area contributed by atoms with Crippen LogP contribution in [0.25, 0.3) is 0 Å². The van der Waals surface area contributed by atoms with Crippen LogP contribution < -0.4 is 5.32 Å². The molecule has 0 aromatic carbocycles. The van der Waals surface area contributed by atoms with Crippen molar-refractivity contribution >= 4 is 25.5 Å². The largest absolute Gasteiger partial charge is 0.472 e. The zero-order valence-electron chi connectivity index (χ0n) is 23.4. The van der Waals surface area contributed by atoms with E-state index >= 15 is 0 Å². The van der Waals surface area contributed by atoms with Gasteiger partial charge in [-0.05, 0) is 18.6 Å². The summed E-state index contributed by atoms with van der Waals surface area (Å²) < 4.78 is 23.3. The maximum atomic E-state index is 12.5. The maximum Gasteiger partial charge on any atom is 0.472 e. The van der Waals surface area contributed by atoms with Gasteiger partial charge in [0.2, 0.25) is 5.91 Å². The maximum absolute atomic E-state index is 12.5. The molecule has 0 bridgehead atoms. The van der Waals surface area contributed by atoms with Crippen LogP contribution in [0.5, 0.6) is 0 Å². The standard InChI is InChI=1S/C26H55N2O5PS/c1-6-8-10-12-13-14-15-16-17-19-26(29)27-25(24-35-22-18-11-9-7-2)23-33-34(30,31)32-21-20-28(3,4)5/h25H,6-24H2,1-5H3,(H-,27,29,30,31)/p+1/t25-/m0/s1. The lowest BCUT2D eigenvalue weighted by molar-refractivity contribution is -0.870. The summed E-state index contributed by atoms with van der Waals surface area (Å²) in [4.78, 5) is 22.5. The number of carbonyl (C=O) groups is 1. The minimum absolute atomic E-state index is 0.00754. The molecule has 0 aromatic heterocycles. The molecule has 0 aromatic rings. The zero-order valence-corrected chi connectivity index (χ0v) is 25.1. The monoisotopic (exact) mass is 539 g/mol. The molecule has 0 saturated carbocycles. The molecule has 0 fully saturated rings. The molecule has 1 amide bonds. The van der Waals surface area contributed by atoms with Gasteiger partial charge in [0.15, 0.2) is 0 Å². The summed E-state index contributed by atoms with van der Waals surface area (Å²) in [6, 6.07) is -0.306. The first kappa shape index (κ1) is 34.9. The molecular weight excluding hydrogens is 483 g/mol. The molecule has 0 aliphatic heterocycles. The van der Waals surface area contributed by atoms with E-state index in [1.165, 1.54) is 64.2 Å². The van der Waals surface area contributed by atoms with Gasteiger partial charge in [0.25, 0.3) is 0 Å². The first-order valence-corrected chi connectivity index (χ1v) is 16.5. The number of hydrogen-bond acceptors (Lipinski definition) is 5. The van der Waals surface area contributed by atoms with Crippen molar-refractivity contribution in [3.8, 4) is 0 Å². The highest BCUT2D eigenvalue weighted by molar-refractivity contribution is 7.99. The summed E-state index contributed by atoms with van der Waals surface area (Å²) in [5, 5.41) is 3.02. The number of hydrogen-bond donors (Lipinski definition) is 2. The first-order chi connectivity index (χ1) is 16.6. The van der Waals surface area contributed by atoms with E-state index in [1.807, 2.05) is 21.1 Å². The van der Waals surface area contributed by atoms with E-state index in [4.69, 9.17) is 9.05 Å². The van der Waals surface area contributed by atoms with Crippen LogP contribution in [0.1, 0.15) is 104 Å². The number of amides is 1. The van der Waals surface area contributed by atoms with Crippen LogP contribution in [-0.2, 0) is 18.4 Å². The molecule has 0 aliphatic rings. The smallest absolute Gasteiger partial charge is 0.350 e. The summed E-state index contributed by atoms with van der Waals surface area (Å²) in [6.45, 7) is 5.14. The summed E-state index contributed by atoms with van der Waals surface area (Å²) in [7, 11) is 1.82. The van der Waals surface area contributed by atoms with Crippen LogP contribution in [0.4, 0.5) is 0 Å². The quantitative estimate of drug-likeness (QED) is 0.0778. The van der Waals surface area contributed by atoms with Gasteiger partial charge in [-0.25, -0.2) is 4.57 Å². The molecule has 2 atom stereocenters. The Bertz CT molecular complexity index is 560. The third-order valence-corrected chi connectivity index (χ3v) is 7.99. The Kier molecular flexibility index (Phi) is 21.9. The molecule has 9 heteroatoms. The van der Waals surface area contributed by atoms with Gasteiger partial charge in [-0.2, -0.15) is 11.8 Å². The Balaban J connectivity index is 4.36. The molecule has 0 spiro atoms. The fraction of sp³-hybridized carbons (Fsp3) is 0.962. The van der Waals surface area contributed by atoms with Crippen molar-refractivity contribution in [3.63, 3.8) is 0 Å². The van der Waals surface area contributed by atoms with Crippen molar-refractivity contribution in [2.45, 2.75) is 110 Å². The highest BCUT2D eigenvalue weighted by Crippen LogP contribution is 2.43. The molecule has 1 unspecified atom stereocenters. The van der Waals surface area contributed by atoms with E-state index < -0.39 is 7.82 Å². The number of likely N-dealkylation sites (N-methyl/N-ethyl adjacent to an activating group) is 1. The van der Waals surface area contributed by atoms with Gasteiger partial charge in [-0.1, -0.05) is 84.5 Å². The first-order valence-electron chi connectivity index (χ1n) is 13.9. The second kappa shape index (κ2) is 21.9. The molecule has 35 heavy (non-hydrogen) atoms. The van der Waals surface area contributed by atoms with Gasteiger partial charge in [-0.15, -0.1) is 0 Å². The third kappa shape index (κ3) is 25.3. The van der Waals surface area contributed by atoms with E-state index in [2.05, 4.69) is 19.2 Å². The molecular formula is C26H56N2O5PS+. The molecule has 0 radical (unpaired) electrons. The Labute approximate surface area is 220 Å². The van der Waals surface area contributed by atoms with Crippen LogP contribution in [-0.4, -0.2) is 73.7 Å². The highest BCUT2D eigenvalue weighted by Gasteiger charge is 2.25. The Morgan fingerprint density at radius 3 is 2.00 bits per heavy atom. The van der Waals surface area contributed by atoms with Gasteiger partial charge in [0, 0.05) is 12.2 Å². The second-order valence-corrected chi connectivity index (χ2v) is 13.2. The summed E-state index contributed by atoms with van der Waals surface area (Å²) in [5.74, 6) is 1.67. The number of nitrogens with zero attached hydrogens (tertiary/aromatic N) is 1. The van der Waals surface area contributed by atoms with Crippen LogP contribution in [0.3, 0.4) is 0 Å². The Hall–Kier alpha value is -0.110. The number of phosphoric acid groups is 1. The number of rotatable bonds is 25. The van der Waals surface area contributed by atoms with Crippen molar-refractivity contribution in [2.24, 2.45) is 0 Å². The van der Waals surface area contributed by atoms with Gasteiger partial charge in [0.05, 0.1) is 33.8 Å². The molecule has 2 N–H and O–H groups in total. The third-order valence-electron chi connectivity index (χ3n) is 5.79. The van der Waals surface area contributed by atoms with E-state index in [9.17, 15) is 14.3 Å². The SMILES string of the molecule is CCCCCCCCCCCC(=O)N[C@@H](COP(=O)(O)OCC[N+](C)(C)C)CSCCCCCC. The van der Waals surface area contributed by atoms with Crippen molar-refractivity contribution < 1.29 is 27.8 Å². The minimum Gasteiger partial charge on any atom is -0.350 e. The van der Waals surface area contributed by atoms with Gasteiger partial charge < -0.3 is 14.7 Å². The number of quaternary nitrogens is 1. The highest BCUT2D eigenvalue weighted by atomic mass is 32.2. The lowest BCUT2D eigenvalue weighted by Crippen LogP contribution is -2.40. The summed E-state index contributed by atoms with van der Waals surface area (Å²) in [5.41, 5.74) is 0. The predicted molar refractivity (Wildman–Crippen MR) is 150 cm³/mol. The molecule has 0 rings (SSSR count). The number of phosphoric ester groups is 1. The molecule has 210 valence electrons. The number of thioether (sulfide) groups is 1. The van der Waals surface area contributed by atoms with Crippen LogP contribution in [0.15, 0.2) is 0 Å². The molecule has 0 heterocycles. The van der Waals surface area contributed by atoms with Crippen LogP contribution in [0, 0.1) is 0 Å². The summed E-state index contributed by atoms with van der Waals surface area (Å²) >= 11 is 1.76. The van der Waals surface area contributed by atoms with Gasteiger partial charge >= 0.3 is 7.82 Å². The lowest BCUT2D eigenvalue weighted by atomic mass is 10.1. The van der Waals surface area contributed by atoms with E-state index in [1.54, 1.807) is 11.8 Å². The molecule has 7 nitrogen and oxygen atoms in total. The molecule has 0 saturated heterocycles. The number of carbonyl (C=O) groups excluding carboxylic acids is 1. The van der Waals surface area contributed by atoms with Crippen LogP contribution in [0.2, 0.25) is 0 Å². The fourth-order valence-corrected chi connectivity index (χ4v) is 5.33. The van der Waals surface area contributed by atoms with Gasteiger partial charge in [0.1, 0.15) is 13.2 Å². The Morgan fingerprint density at radius 1 is 0.886 bits per heavy atom. The Morgan fingerprint density at radius 2 is 1.43 bits per heavy atom. The topological polar surface area (TPSA) is 84.9 Å². The second-order valence-electron chi connectivity index (χ2n) is 10.6. The van der Waals surface area contributed by atoms with E-state index in [-0.39, 0.29) is 25.2 Å². The predicted octanol–water partition coefficient (Wildman–Crippen LogP) is 6.55. The minimum atomic E-state index is -4.14. The number of unbranched alkanes of at least 4 members (excludes halogenated alkanes) is 11. The fourth-order valence-electron chi connectivity index (χ4n) is 3.54. The van der Waals surface area contributed by atoms with Crippen molar-refractivity contribution in [3.05, 3.63) is 0 Å². The van der Waals surface area contributed by atoms with E-state index in [0.29, 0.717) is 23.2 Å². The average molecular weight is 540 g/mol. The van der Waals surface area contributed by atoms with Crippen molar-refractivity contribution in [1.29, 1.82) is 0 Å². The van der Waals surface area contributed by atoms with Crippen molar-refractivity contribution in [1.82, 2.24) is 5.32 Å². The van der Waals surface area contributed by atoms with Crippen molar-refractivity contribution in [2.75, 3.05) is 52.4 Å². The number of nitrogens with one attached hydrogen (secondary N) is 1. The summed E-state index contributed by atoms with van der Waals surface area (Å²) in [6.07, 6.45) is 16.2. The van der Waals surface area contributed by atoms with Crippen LogP contribution >= 0.6 is 19.6 Å². The average Bonchev–Trinajstić information content (AvgIpc) is 2.77. The lowest BCUT2D eigenvalue weighted by Gasteiger charge is -2.24. The molecule has 0 aliphatic carbocycles. The zero-order chi connectivity index (χ0) is 26.4.